The molecule has 1 atom stereocenters. The largest absolute Gasteiger partial charge is 0.401 e. The van der Waals surface area contributed by atoms with E-state index >= 15 is 0 Å². The summed E-state index contributed by atoms with van der Waals surface area (Å²) in [4.78, 5) is 1.38. The van der Waals surface area contributed by atoms with Crippen LogP contribution in [0.15, 0.2) is 0 Å². The predicted molar refractivity (Wildman–Crippen MR) is 51.7 cm³/mol. The number of nitrogens with two attached hydrogens (primary N) is 1. The first-order valence-corrected chi connectivity index (χ1v) is 4.94. The molecule has 0 spiro atoms. The lowest BCUT2D eigenvalue weighted by molar-refractivity contribution is -0.147. The van der Waals surface area contributed by atoms with Crippen LogP contribution in [0.5, 0.6) is 0 Å². The van der Waals surface area contributed by atoms with Gasteiger partial charge in [-0.1, -0.05) is 6.92 Å². The molecular formula is C9H16F3N3. The number of rotatable bonds is 5. The Morgan fingerprint density at radius 3 is 2.40 bits per heavy atom. The molecule has 0 heterocycles. The van der Waals surface area contributed by atoms with Crippen molar-refractivity contribution in [2.75, 3.05) is 13.1 Å². The Hall–Kier alpha value is -0.780. The van der Waals surface area contributed by atoms with E-state index in [4.69, 9.17) is 11.1 Å². The molecule has 1 aliphatic carbocycles. The highest BCUT2D eigenvalue weighted by molar-refractivity contribution is 5.79. The summed E-state index contributed by atoms with van der Waals surface area (Å²) in [5.41, 5.74) is 5.24. The van der Waals surface area contributed by atoms with Crippen LogP contribution in [-0.2, 0) is 0 Å². The highest BCUT2D eigenvalue weighted by atomic mass is 19.4. The minimum Gasteiger partial charge on any atom is -0.387 e. The van der Waals surface area contributed by atoms with E-state index < -0.39 is 12.7 Å². The van der Waals surface area contributed by atoms with Crippen LogP contribution in [0.25, 0.3) is 0 Å². The number of nitrogens with one attached hydrogen (secondary N) is 1. The van der Waals surface area contributed by atoms with Gasteiger partial charge in [0, 0.05) is 18.5 Å². The molecule has 1 rings (SSSR count). The maximum absolute atomic E-state index is 12.2. The van der Waals surface area contributed by atoms with Crippen LogP contribution in [-0.4, -0.2) is 36.0 Å². The summed E-state index contributed by atoms with van der Waals surface area (Å²) in [5.74, 6) is -0.365. The molecule has 0 amide bonds. The van der Waals surface area contributed by atoms with Crippen LogP contribution in [0.2, 0.25) is 0 Å². The molecule has 0 aromatic rings. The van der Waals surface area contributed by atoms with Gasteiger partial charge in [-0.2, -0.15) is 13.2 Å². The molecular weight excluding hydrogens is 207 g/mol. The SMILES string of the molecule is CC(CN(CC(F)(F)F)C1CC1)C(=N)N. The summed E-state index contributed by atoms with van der Waals surface area (Å²) in [6.07, 6.45) is -2.53. The van der Waals surface area contributed by atoms with Gasteiger partial charge in [-0.05, 0) is 12.8 Å². The van der Waals surface area contributed by atoms with E-state index in [1.807, 2.05) is 0 Å². The van der Waals surface area contributed by atoms with Crippen molar-refractivity contribution in [1.29, 1.82) is 5.41 Å². The molecule has 3 N–H and O–H groups in total. The fourth-order valence-electron chi connectivity index (χ4n) is 1.46. The second-order valence-electron chi connectivity index (χ2n) is 4.13. The van der Waals surface area contributed by atoms with Gasteiger partial charge in [-0.15, -0.1) is 0 Å². The molecule has 0 aromatic carbocycles. The van der Waals surface area contributed by atoms with Crippen LogP contribution >= 0.6 is 0 Å². The van der Waals surface area contributed by atoms with Gasteiger partial charge in [-0.3, -0.25) is 10.3 Å². The van der Waals surface area contributed by atoms with E-state index in [0.717, 1.165) is 12.8 Å². The monoisotopic (exact) mass is 223 g/mol. The van der Waals surface area contributed by atoms with Crippen molar-refractivity contribution < 1.29 is 13.2 Å². The summed E-state index contributed by atoms with van der Waals surface area (Å²) in [5, 5.41) is 7.16. The topological polar surface area (TPSA) is 53.1 Å². The van der Waals surface area contributed by atoms with Crippen molar-refractivity contribution in [1.82, 2.24) is 4.90 Å². The summed E-state index contributed by atoms with van der Waals surface area (Å²) in [6, 6.07) is 0.0356. The van der Waals surface area contributed by atoms with E-state index in [9.17, 15) is 13.2 Å². The van der Waals surface area contributed by atoms with E-state index in [-0.39, 0.29) is 24.3 Å². The number of hydrogen-bond acceptors (Lipinski definition) is 2. The fourth-order valence-corrected chi connectivity index (χ4v) is 1.46. The van der Waals surface area contributed by atoms with Gasteiger partial charge >= 0.3 is 6.18 Å². The molecule has 0 aliphatic heterocycles. The normalized spacial score (nSPS) is 19.3. The van der Waals surface area contributed by atoms with Crippen molar-refractivity contribution in [3.8, 4) is 0 Å². The Kier molecular flexibility index (Phi) is 3.59. The first kappa shape index (κ1) is 12.3. The van der Waals surface area contributed by atoms with Gasteiger partial charge in [-0.25, -0.2) is 0 Å². The molecule has 88 valence electrons. The lowest BCUT2D eigenvalue weighted by atomic mass is 10.1. The molecule has 0 bridgehead atoms. The maximum Gasteiger partial charge on any atom is 0.401 e. The number of hydrogen-bond donors (Lipinski definition) is 2. The third-order valence-electron chi connectivity index (χ3n) is 2.48. The molecule has 1 aliphatic rings. The summed E-state index contributed by atoms with van der Waals surface area (Å²) in [7, 11) is 0. The van der Waals surface area contributed by atoms with Crippen molar-refractivity contribution in [2.24, 2.45) is 11.7 Å². The van der Waals surface area contributed by atoms with E-state index in [1.165, 1.54) is 4.90 Å². The summed E-state index contributed by atoms with van der Waals surface area (Å²) >= 11 is 0. The Labute approximate surface area is 86.9 Å². The molecule has 0 radical (unpaired) electrons. The third-order valence-corrected chi connectivity index (χ3v) is 2.48. The van der Waals surface area contributed by atoms with E-state index in [2.05, 4.69) is 0 Å². The molecule has 1 saturated carbocycles. The highest BCUT2D eigenvalue weighted by Gasteiger charge is 2.38. The zero-order valence-electron chi connectivity index (χ0n) is 8.64. The first-order valence-electron chi connectivity index (χ1n) is 4.94. The predicted octanol–water partition coefficient (Wildman–Crippen LogP) is 1.59. The Morgan fingerprint density at radius 1 is 1.53 bits per heavy atom. The van der Waals surface area contributed by atoms with Crippen molar-refractivity contribution in [2.45, 2.75) is 32.0 Å². The minimum atomic E-state index is -4.17. The summed E-state index contributed by atoms with van der Waals surface area (Å²) < 4.78 is 36.7. The molecule has 3 nitrogen and oxygen atoms in total. The van der Waals surface area contributed by atoms with Gasteiger partial charge in [0.1, 0.15) is 0 Å². The quantitative estimate of drug-likeness (QED) is 0.549. The molecule has 1 unspecified atom stereocenters. The fraction of sp³-hybridized carbons (Fsp3) is 0.889. The van der Waals surface area contributed by atoms with E-state index in [0.29, 0.717) is 0 Å². The molecule has 0 aromatic heterocycles. The van der Waals surface area contributed by atoms with Gasteiger partial charge in [0.25, 0.3) is 0 Å². The van der Waals surface area contributed by atoms with Crippen molar-refractivity contribution >= 4 is 5.84 Å². The molecule has 0 saturated heterocycles. The first-order chi connectivity index (χ1) is 6.79. The number of halogens is 3. The number of amidine groups is 1. The van der Waals surface area contributed by atoms with Gasteiger partial charge in [0.2, 0.25) is 0 Å². The highest BCUT2D eigenvalue weighted by Crippen LogP contribution is 2.30. The second kappa shape index (κ2) is 4.38. The van der Waals surface area contributed by atoms with E-state index in [1.54, 1.807) is 6.92 Å². The molecule has 6 heteroatoms. The van der Waals surface area contributed by atoms with Crippen molar-refractivity contribution in [3.05, 3.63) is 0 Å². The standard InChI is InChI=1S/C9H16F3N3/c1-6(8(13)14)4-15(7-2-3-7)5-9(10,11)12/h6-7H,2-5H2,1H3,(H3,13,14). The van der Waals surface area contributed by atoms with Crippen LogP contribution < -0.4 is 5.73 Å². The van der Waals surface area contributed by atoms with Gasteiger partial charge in [0.15, 0.2) is 0 Å². The average Bonchev–Trinajstić information content (AvgIpc) is 2.81. The third kappa shape index (κ3) is 4.51. The summed E-state index contributed by atoms with van der Waals surface area (Å²) in [6.45, 7) is 1.00. The van der Waals surface area contributed by atoms with Crippen LogP contribution in [0.4, 0.5) is 13.2 Å². The van der Waals surface area contributed by atoms with Gasteiger partial charge < -0.3 is 5.73 Å². The molecule has 15 heavy (non-hydrogen) atoms. The number of alkyl halides is 3. The van der Waals surface area contributed by atoms with Crippen LogP contribution in [0, 0.1) is 11.3 Å². The Morgan fingerprint density at radius 2 is 2.07 bits per heavy atom. The molecule has 1 fully saturated rings. The average molecular weight is 223 g/mol. The smallest absolute Gasteiger partial charge is 0.387 e. The minimum absolute atomic E-state index is 0.0356. The van der Waals surface area contributed by atoms with Crippen LogP contribution in [0.3, 0.4) is 0 Å². The Balaban J connectivity index is 2.47. The van der Waals surface area contributed by atoms with Gasteiger partial charge in [0.05, 0.1) is 12.4 Å². The second-order valence-corrected chi connectivity index (χ2v) is 4.13. The number of nitrogens with zero attached hydrogens (tertiary/aromatic N) is 1. The Bertz CT molecular complexity index is 235. The maximum atomic E-state index is 12.2. The lowest BCUT2D eigenvalue weighted by Gasteiger charge is -2.25. The zero-order valence-corrected chi connectivity index (χ0v) is 8.64. The van der Waals surface area contributed by atoms with Crippen molar-refractivity contribution in [3.63, 3.8) is 0 Å². The van der Waals surface area contributed by atoms with Crippen LogP contribution in [0.1, 0.15) is 19.8 Å². The lowest BCUT2D eigenvalue weighted by Crippen LogP contribution is -2.41. The zero-order chi connectivity index (χ0) is 11.6.